The number of thioether (sulfide) groups is 1. The first-order valence-corrected chi connectivity index (χ1v) is 9.73. The fourth-order valence-electron chi connectivity index (χ4n) is 2.18. The van der Waals surface area contributed by atoms with Crippen LogP contribution in [0.15, 0.2) is 59.0 Å². The number of hydrogen-bond acceptors (Lipinski definition) is 5. The number of carboxylic acid groups (broad SMARTS) is 1. The van der Waals surface area contributed by atoms with Crippen LogP contribution in [0.25, 0.3) is 0 Å². The average Bonchev–Trinajstić information content (AvgIpc) is 2.67. The van der Waals surface area contributed by atoms with E-state index >= 15 is 0 Å². The number of benzene rings is 2. The fraction of sp³-hybridized carbons (Fsp3) is 0.150. The van der Waals surface area contributed by atoms with E-state index in [1.54, 1.807) is 42.5 Å². The van der Waals surface area contributed by atoms with Gasteiger partial charge in [-0.2, -0.15) is 0 Å². The zero-order valence-corrected chi connectivity index (χ0v) is 17.3. The Labute approximate surface area is 177 Å². The van der Waals surface area contributed by atoms with Gasteiger partial charge in [0.2, 0.25) is 11.8 Å². The van der Waals surface area contributed by atoms with E-state index in [0.29, 0.717) is 22.1 Å². The zero-order chi connectivity index (χ0) is 21.4. The molecule has 0 spiro atoms. The first-order chi connectivity index (χ1) is 13.8. The number of methoxy groups -OCH3 is 1. The van der Waals surface area contributed by atoms with Crippen molar-refractivity contribution in [3.63, 3.8) is 0 Å². The van der Waals surface area contributed by atoms with Crippen LogP contribution in [-0.2, 0) is 14.4 Å². The lowest BCUT2D eigenvalue weighted by atomic mass is 10.2. The van der Waals surface area contributed by atoms with E-state index in [4.69, 9.17) is 21.4 Å². The third-order valence-corrected chi connectivity index (χ3v) is 4.86. The Bertz CT molecular complexity index is 944. The number of ether oxygens (including phenoxy) is 1. The molecule has 0 aliphatic heterocycles. The van der Waals surface area contributed by atoms with Crippen molar-refractivity contribution in [2.75, 3.05) is 23.5 Å². The minimum Gasteiger partial charge on any atom is -0.495 e. The molecule has 0 heterocycles. The topological polar surface area (TPSA) is 105 Å². The van der Waals surface area contributed by atoms with E-state index < -0.39 is 11.9 Å². The van der Waals surface area contributed by atoms with Crippen LogP contribution >= 0.6 is 23.4 Å². The molecule has 0 aromatic heterocycles. The van der Waals surface area contributed by atoms with Crippen LogP contribution < -0.4 is 15.4 Å². The summed E-state index contributed by atoms with van der Waals surface area (Å²) in [5.41, 5.74) is 0.951. The molecule has 0 saturated carbocycles. The van der Waals surface area contributed by atoms with Crippen LogP contribution in [0.5, 0.6) is 5.75 Å². The number of halogens is 1. The van der Waals surface area contributed by atoms with Crippen molar-refractivity contribution in [1.29, 1.82) is 0 Å². The van der Waals surface area contributed by atoms with Gasteiger partial charge in [0, 0.05) is 27.3 Å². The van der Waals surface area contributed by atoms with E-state index in [1.807, 2.05) is 0 Å². The molecule has 2 aromatic carbocycles. The molecule has 29 heavy (non-hydrogen) atoms. The summed E-state index contributed by atoms with van der Waals surface area (Å²) in [7, 11) is 1.51. The van der Waals surface area contributed by atoms with E-state index in [0.717, 1.165) is 11.0 Å². The van der Waals surface area contributed by atoms with Crippen molar-refractivity contribution in [3.05, 3.63) is 59.1 Å². The van der Waals surface area contributed by atoms with Crippen LogP contribution in [0, 0.1) is 0 Å². The fourth-order valence-corrected chi connectivity index (χ4v) is 3.05. The summed E-state index contributed by atoms with van der Waals surface area (Å²) >= 11 is 7.27. The van der Waals surface area contributed by atoms with Gasteiger partial charge in [0.1, 0.15) is 5.75 Å². The molecule has 2 aromatic rings. The van der Waals surface area contributed by atoms with Crippen molar-refractivity contribution in [2.24, 2.45) is 0 Å². The molecule has 0 fully saturated rings. The van der Waals surface area contributed by atoms with Gasteiger partial charge in [-0.15, -0.1) is 11.8 Å². The number of nitrogens with one attached hydrogen (secondary N) is 2. The summed E-state index contributed by atoms with van der Waals surface area (Å²) in [6.45, 7) is 1.34. The molecule has 0 unspecified atom stereocenters. The van der Waals surface area contributed by atoms with Crippen LogP contribution in [0.4, 0.5) is 11.4 Å². The summed E-state index contributed by atoms with van der Waals surface area (Å²) in [5, 5.41) is 14.6. The Morgan fingerprint density at radius 1 is 1.14 bits per heavy atom. The monoisotopic (exact) mass is 434 g/mol. The Balaban J connectivity index is 1.89. The molecule has 0 saturated heterocycles. The third kappa shape index (κ3) is 7.17. The quantitative estimate of drug-likeness (QED) is 0.427. The second-order valence-corrected chi connectivity index (χ2v) is 7.31. The minimum atomic E-state index is -1.15. The molecule has 0 aliphatic rings. The first kappa shape index (κ1) is 22.3. The number of rotatable bonds is 8. The van der Waals surface area contributed by atoms with Crippen molar-refractivity contribution in [2.45, 2.75) is 11.8 Å². The number of amides is 2. The largest absolute Gasteiger partial charge is 0.495 e. The normalized spacial score (nSPS) is 10.9. The van der Waals surface area contributed by atoms with Crippen molar-refractivity contribution in [3.8, 4) is 5.75 Å². The third-order valence-electron chi connectivity index (χ3n) is 3.61. The van der Waals surface area contributed by atoms with Crippen molar-refractivity contribution < 1.29 is 24.2 Å². The predicted molar refractivity (Wildman–Crippen MR) is 114 cm³/mol. The lowest BCUT2D eigenvalue weighted by molar-refractivity contribution is -0.132. The molecular formula is C20H19ClN2O5S. The highest BCUT2D eigenvalue weighted by Crippen LogP contribution is 2.28. The Morgan fingerprint density at radius 2 is 1.83 bits per heavy atom. The maximum atomic E-state index is 12.2. The van der Waals surface area contributed by atoms with E-state index in [1.165, 1.54) is 25.8 Å². The molecule has 2 rings (SSSR count). The number of carbonyl (C=O) groups excluding carboxylic acids is 2. The summed E-state index contributed by atoms with van der Waals surface area (Å²) in [5.74, 6) is -1.22. The molecule has 9 heteroatoms. The van der Waals surface area contributed by atoms with Crippen LogP contribution in [0.3, 0.4) is 0 Å². The minimum absolute atomic E-state index is 0.0583. The van der Waals surface area contributed by atoms with E-state index in [9.17, 15) is 14.4 Å². The number of aliphatic carboxylic acids is 1. The summed E-state index contributed by atoms with van der Waals surface area (Å²) in [6, 6.07) is 11.8. The molecule has 0 atom stereocenters. The molecule has 0 aliphatic carbocycles. The number of carboxylic acids is 1. The van der Waals surface area contributed by atoms with Gasteiger partial charge in [-0.25, -0.2) is 4.79 Å². The van der Waals surface area contributed by atoms with Crippen LogP contribution in [0.1, 0.15) is 6.92 Å². The smallest absolute Gasteiger partial charge is 0.331 e. The van der Waals surface area contributed by atoms with Crippen LogP contribution in [0.2, 0.25) is 5.02 Å². The lowest BCUT2D eigenvalue weighted by Gasteiger charge is -2.10. The van der Waals surface area contributed by atoms with E-state index in [-0.39, 0.29) is 17.2 Å². The van der Waals surface area contributed by atoms with Crippen LogP contribution in [-0.4, -0.2) is 35.8 Å². The molecular weight excluding hydrogens is 416 g/mol. The predicted octanol–water partition coefficient (Wildman–Crippen LogP) is 4.05. The molecule has 152 valence electrons. The summed E-state index contributed by atoms with van der Waals surface area (Å²) in [6.07, 6.45) is 1.01. The Morgan fingerprint density at radius 3 is 2.45 bits per heavy atom. The van der Waals surface area contributed by atoms with Gasteiger partial charge < -0.3 is 20.5 Å². The van der Waals surface area contributed by atoms with E-state index in [2.05, 4.69) is 10.6 Å². The van der Waals surface area contributed by atoms with Crippen molar-refractivity contribution in [1.82, 2.24) is 0 Å². The summed E-state index contributed by atoms with van der Waals surface area (Å²) in [4.78, 5) is 35.5. The standard InChI is InChI=1S/C20H19ClN2O5S/c1-12(20(26)27)9-18(24)22-14-4-6-15(7-5-14)29-11-19(25)23-16-10-13(21)3-8-17(16)28-2/h3-10H,11H2,1-2H3,(H,22,24)(H,23,25)(H,26,27)/b12-9-. The van der Waals surface area contributed by atoms with Gasteiger partial charge >= 0.3 is 5.97 Å². The average molecular weight is 435 g/mol. The number of hydrogen-bond donors (Lipinski definition) is 3. The highest BCUT2D eigenvalue weighted by Gasteiger charge is 2.09. The second-order valence-electron chi connectivity index (χ2n) is 5.83. The molecule has 0 bridgehead atoms. The first-order valence-electron chi connectivity index (χ1n) is 8.37. The molecule has 3 N–H and O–H groups in total. The molecule has 2 amide bonds. The van der Waals surface area contributed by atoms with Gasteiger partial charge in [0.05, 0.1) is 18.6 Å². The maximum Gasteiger partial charge on any atom is 0.331 e. The number of anilines is 2. The SMILES string of the molecule is COc1ccc(Cl)cc1NC(=O)CSc1ccc(NC(=O)/C=C(/C)C(=O)O)cc1. The number of carbonyl (C=O) groups is 3. The van der Waals surface area contributed by atoms with Crippen molar-refractivity contribution >= 4 is 52.5 Å². The zero-order valence-electron chi connectivity index (χ0n) is 15.7. The lowest BCUT2D eigenvalue weighted by Crippen LogP contribution is -2.14. The highest BCUT2D eigenvalue weighted by atomic mass is 35.5. The maximum absolute atomic E-state index is 12.2. The van der Waals surface area contributed by atoms with Gasteiger partial charge in [0.15, 0.2) is 0 Å². The second kappa shape index (κ2) is 10.5. The Hall–Kier alpha value is -2.97. The highest BCUT2D eigenvalue weighted by molar-refractivity contribution is 8.00. The summed E-state index contributed by atoms with van der Waals surface area (Å²) < 4.78 is 5.19. The van der Waals surface area contributed by atoms with Gasteiger partial charge in [-0.05, 0) is 49.4 Å². The van der Waals surface area contributed by atoms with Gasteiger partial charge in [-0.1, -0.05) is 11.6 Å². The molecule has 0 radical (unpaired) electrons. The van der Waals surface area contributed by atoms with Gasteiger partial charge in [0.25, 0.3) is 0 Å². The van der Waals surface area contributed by atoms with Gasteiger partial charge in [-0.3, -0.25) is 9.59 Å². The molecule has 7 nitrogen and oxygen atoms in total. The Kier molecular flexibility index (Phi) is 8.11.